The van der Waals surface area contributed by atoms with Gasteiger partial charge in [-0.25, -0.2) is 4.98 Å². The second-order valence-corrected chi connectivity index (χ2v) is 7.36. The highest BCUT2D eigenvalue weighted by Gasteiger charge is 2.21. The van der Waals surface area contributed by atoms with Gasteiger partial charge in [0, 0.05) is 40.7 Å². The van der Waals surface area contributed by atoms with Crippen LogP contribution in [0.1, 0.15) is 16.1 Å². The van der Waals surface area contributed by atoms with Gasteiger partial charge < -0.3 is 4.98 Å². The van der Waals surface area contributed by atoms with E-state index in [1.54, 1.807) is 23.5 Å². The van der Waals surface area contributed by atoms with Crippen LogP contribution in [0.3, 0.4) is 0 Å². The number of benzene rings is 1. The molecule has 0 radical (unpaired) electrons. The number of aromatic nitrogens is 2. The molecule has 24 heavy (non-hydrogen) atoms. The van der Waals surface area contributed by atoms with Gasteiger partial charge in [-0.1, -0.05) is 17.7 Å². The molecular formula is C18H16ClN3OS. The van der Waals surface area contributed by atoms with Gasteiger partial charge in [0.1, 0.15) is 5.82 Å². The predicted molar refractivity (Wildman–Crippen MR) is 97.4 cm³/mol. The second kappa shape index (κ2) is 6.51. The van der Waals surface area contributed by atoms with Crippen LogP contribution >= 0.6 is 22.9 Å². The van der Waals surface area contributed by atoms with Crippen molar-refractivity contribution in [3.63, 3.8) is 0 Å². The molecule has 0 bridgehead atoms. The van der Waals surface area contributed by atoms with E-state index >= 15 is 0 Å². The quantitative estimate of drug-likeness (QED) is 0.777. The maximum atomic E-state index is 12.4. The lowest BCUT2D eigenvalue weighted by Gasteiger charge is -2.27. The van der Waals surface area contributed by atoms with Gasteiger partial charge in [-0.3, -0.25) is 9.69 Å². The smallest absolute Gasteiger partial charge is 0.254 e. The first-order chi connectivity index (χ1) is 11.7. The molecule has 0 spiro atoms. The molecule has 0 saturated carbocycles. The lowest BCUT2D eigenvalue weighted by Crippen LogP contribution is -2.34. The Bertz CT molecular complexity index is 903. The molecule has 6 heteroatoms. The fourth-order valence-corrected chi connectivity index (χ4v) is 3.87. The molecule has 0 fully saturated rings. The molecule has 122 valence electrons. The van der Waals surface area contributed by atoms with Gasteiger partial charge in [0.2, 0.25) is 0 Å². The van der Waals surface area contributed by atoms with E-state index in [1.807, 2.05) is 12.1 Å². The first-order valence-corrected chi connectivity index (χ1v) is 9.07. The third-order valence-electron chi connectivity index (χ3n) is 4.23. The van der Waals surface area contributed by atoms with E-state index < -0.39 is 0 Å². The monoisotopic (exact) mass is 357 g/mol. The number of hydrogen-bond donors (Lipinski definition) is 1. The van der Waals surface area contributed by atoms with Crippen molar-refractivity contribution in [1.29, 1.82) is 0 Å². The van der Waals surface area contributed by atoms with Gasteiger partial charge in [-0.2, -0.15) is 0 Å². The van der Waals surface area contributed by atoms with Crippen LogP contribution in [0.2, 0.25) is 5.02 Å². The molecule has 4 nitrogen and oxygen atoms in total. The Hall–Kier alpha value is -1.95. The van der Waals surface area contributed by atoms with Crippen molar-refractivity contribution in [2.75, 3.05) is 6.54 Å². The van der Waals surface area contributed by atoms with E-state index in [4.69, 9.17) is 16.6 Å². The van der Waals surface area contributed by atoms with Crippen LogP contribution in [-0.4, -0.2) is 21.4 Å². The van der Waals surface area contributed by atoms with Crippen LogP contribution in [0.25, 0.3) is 11.4 Å². The summed E-state index contributed by atoms with van der Waals surface area (Å²) in [5.41, 5.74) is 2.54. The van der Waals surface area contributed by atoms with E-state index in [1.165, 1.54) is 4.88 Å². The molecule has 0 amide bonds. The van der Waals surface area contributed by atoms with Crippen molar-refractivity contribution < 1.29 is 0 Å². The van der Waals surface area contributed by atoms with Gasteiger partial charge in [0.25, 0.3) is 5.56 Å². The second-order valence-electron chi connectivity index (χ2n) is 5.89. The first-order valence-electron chi connectivity index (χ1n) is 7.82. The lowest BCUT2D eigenvalue weighted by atomic mass is 10.1. The standard InChI is InChI=1S/C18H16ClN3OS/c19-13-5-3-12(4-6-13)17-20-16-11-22(10-14-2-1-9-24-14)8-7-15(16)18(23)21-17/h1-6,9H,7-8,10-11H2,(H,20,21,23). The zero-order valence-electron chi connectivity index (χ0n) is 13.0. The molecule has 1 aliphatic rings. The van der Waals surface area contributed by atoms with Crippen LogP contribution in [0, 0.1) is 0 Å². The molecule has 0 atom stereocenters. The van der Waals surface area contributed by atoms with Crippen molar-refractivity contribution in [2.24, 2.45) is 0 Å². The highest BCUT2D eigenvalue weighted by atomic mass is 35.5. The topological polar surface area (TPSA) is 49.0 Å². The Balaban J connectivity index is 1.64. The van der Waals surface area contributed by atoms with Crippen molar-refractivity contribution in [2.45, 2.75) is 19.5 Å². The van der Waals surface area contributed by atoms with Crippen LogP contribution in [0.15, 0.2) is 46.6 Å². The predicted octanol–water partition coefficient (Wildman–Crippen LogP) is 3.71. The van der Waals surface area contributed by atoms with Crippen LogP contribution in [0.5, 0.6) is 0 Å². The SMILES string of the molecule is O=c1[nH]c(-c2ccc(Cl)cc2)nc2c1CCN(Cc1cccs1)C2. The summed E-state index contributed by atoms with van der Waals surface area (Å²) in [6, 6.07) is 11.6. The van der Waals surface area contributed by atoms with E-state index in [2.05, 4.69) is 27.4 Å². The number of thiophene rings is 1. The average molecular weight is 358 g/mol. The molecule has 3 heterocycles. The molecule has 3 aromatic rings. The zero-order chi connectivity index (χ0) is 16.5. The molecule has 0 saturated heterocycles. The minimum Gasteiger partial charge on any atom is -0.306 e. The Morgan fingerprint density at radius 3 is 2.83 bits per heavy atom. The first kappa shape index (κ1) is 15.6. The number of H-pyrrole nitrogens is 1. The van der Waals surface area contributed by atoms with Crippen LogP contribution in [0.4, 0.5) is 0 Å². The molecule has 2 aromatic heterocycles. The van der Waals surface area contributed by atoms with E-state index in [0.29, 0.717) is 17.4 Å². The molecule has 0 aliphatic carbocycles. The Morgan fingerprint density at radius 1 is 1.25 bits per heavy atom. The van der Waals surface area contributed by atoms with Crippen LogP contribution in [-0.2, 0) is 19.5 Å². The number of nitrogens with one attached hydrogen (secondary N) is 1. The summed E-state index contributed by atoms with van der Waals surface area (Å²) in [7, 11) is 0. The Morgan fingerprint density at radius 2 is 2.08 bits per heavy atom. The minimum absolute atomic E-state index is 0.0271. The minimum atomic E-state index is -0.0271. The Labute approximate surface area is 148 Å². The third kappa shape index (κ3) is 3.15. The highest BCUT2D eigenvalue weighted by molar-refractivity contribution is 7.09. The number of halogens is 1. The van der Waals surface area contributed by atoms with Gasteiger partial charge in [-0.15, -0.1) is 11.3 Å². The van der Waals surface area contributed by atoms with E-state index in [0.717, 1.165) is 36.3 Å². The molecule has 1 N–H and O–H groups in total. The molecule has 0 unspecified atom stereocenters. The van der Waals surface area contributed by atoms with Gasteiger partial charge >= 0.3 is 0 Å². The largest absolute Gasteiger partial charge is 0.306 e. The maximum Gasteiger partial charge on any atom is 0.254 e. The molecular weight excluding hydrogens is 342 g/mol. The summed E-state index contributed by atoms with van der Waals surface area (Å²) < 4.78 is 0. The van der Waals surface area contributed by atoms with Crippen molar-refractivity contribution in [3.05, 3.63) is 73.3 Å². The van der Waals surface area contributed by atoms with Gasteiger partial charge in [0.05, 0.1) is 5.69 Å². The van der Waals surface area contributed by atoms with Gasteiger partial charge in [0.15, 0.2) is 0 Å². The summed E-state index contributed by atoms with van der Waals surface area (Å²) >= 11 is 7.69. The number of fused-ring (bicyclic) bond motifs is 1. The fourth-order valence-electron chi connectivity index (χ4n) is 3.00. The molecule has 1 aliphatic heterocycles. The fraction of sp³-hybridized carbons (Fsp3) is 0.222. The van der Waals surface area contributed by atoms with Gasteiger partial charge in [-0.05, 0) is 42.1 Å². The summed E-state index contributed by atoms with van der Waals surface area (Å²) in [5, 5.41) is 2.76. The Kier molecular flexibility index (Phi) is 4.22. The number of nitrogens with zero attached hydrogens (tertiary/aromatic N) is 2. The van der Waals surface area contributed by atoms with Crippen molar-refractivity contribution in [3.8, 4) is 11.4 Å². The van der Waals surface area contributed by atoms with Crippen LogP contribution < -0.4 is 5.56 Å². The normalized spacial score (nSPS) is 14.5. The lowest BCUT2D eigenvalue weighted by molar-refractivity contribution is 0.242. The zero-order valence-corrected chi connectivity index (χ0v) is 14.5. The number of hydrogen-bond acceptors (Lipinski definition) is 4. The molecule has 1 aromatic carbocycles. The summed E-state index contributed by atoms with van der Waals surface area (Å²) in [4.78, 5) is 23.7. The number of rotatable bonds is 3. The highest BCUT2D eigenvalue weighted by Crippen LogP contribution is 2.22. The van der Waals surface area contributed by atoms with E-state index in [-0.39, 0.29) is 5.56 Å². The number of aromatic amines is 1. The summed E-state index contributed by atoms with van der Waals surface area (Å²) in [6.07, 6.45) is 0.740. The summed E-state index contributed by atoms with van der Waals surface area (Å²) in [6.45, 7) is 2.50. The maximum absolute atomic E-state index is 12.4. The summed E-state index contributed by atoms with van der Waals surface area (Å²) in [5.74, 6) is 0.605. The third-order valence-corrected chi connectivity index (χ3v) is 5.34. The van der Waals surface area contributed by atoms with E-state index in [9.17, 15) is 4.79 Å². The average Bonchev–Trinajstić information content (AvgIpc) is 3.08. The van der Waals surface area contributed by atoms with Crippen molar-refractivity contribution in [1.82, 2.24) is 14.9 Å². The molecule has 4 rings (SSSR count). The van der Waals surface area contributed by atoms with Crippen molar-refractivity contribution >= 4 is 22.9 Å².